The van der Waals surface area contributed by atoms with Gasteiger partial charge in [-0.05, 0) is 82.6 Å². The molecule has 1 aromatic heterocycles. The van der Waals surface area contributed by atoms with Crippen molar-refractivity contribution in [3.63, 3.8) is 0 Å². The smallest absolute Gasteiger partial charge is 0.416 e. The molecule has 3 aromatic rings. The number of benzene rings is 2. The second-order valence-corrected chi connectivity index (χ2v) is 9.00. The minimum Gasteiger partial charge on any atom is -0.481 e. The van der Waals surface area contributed by atoms with Gasteiger partial charge in [-0.15, -0.1) is 0 Å². The summed E-state index contributed by atoms with van der Waals surface area (Å²) in [7, 11) is 0. The molecule has 2 N–H and O–H groups in total. The van der Waals surface area contributed by atoms with Gasteiger partial charge in [-0.3, -0.25) is 9.78 Å². The summed E-state index contributed by atoms with van der Waals surface area (Å²) < 4.78 is 49.7. The van der Waals surface area contributed by atoms with Crippen molar-refractivity contribution in [1.82, 2.24) is 4.98 Å². The van der Waals surface area contributed by atoms with E-state index >= 15 is 0 Å². The van der Waals surface area contributed by atoms with Crippen LogP contribution >= 0.6 is 0 Å². The Morgan fingerprint density at radius 1 is 1.00 bits per heavy atom. The van der Waals surface area contributed by atoms with Crippen molar-refractivity contribution in [2.75, 3.05) is 5.32 Å². The van der Waals surface area contributed by atoms with Gasteiger partial charge in [-0.1, -0.05) is 12.1 Å². The number of alkyl halides is 3. The van der Waals surface area contributed by atoms with Gasteiger partial charge in [0.2, 0.25) is 0 Å². The molecule has 0 aliphatic carbocycles. The van der Waals surface area contributed by atoms with E-state index < -0.39 is 35.3 Å². The van der Waals surface area contributed by atoms with E-state index in [4.69, 9.17) is 9.47 Å². The van der Waals surface area contributed by atoms with E-state index in [1.807, 2.05) is 0 Å². The molecule has 7 nitrogen and oxygen atoms in total. The lowest BCUT2D eigenvalue weighted by Gasteiger charge is -2.23. The average Bonchev–Trinajstić information content (AvgIpc) is 2.81. The molecule has 2 aromatic carbocycles. The van der Waals surface area contributed by atoms with E-state index in [0.717, 1.165) is 12.1 Å². The topological polar surface area (TPSA) is 97.8 Å². The summed E-state index contributed by atoms with van der Waals surface area (Å²) in [6.07, 6.45) is -5.30. The van der Waals surface area contributed by atoms with Crippen molar-refractivity contribution in [2.24, 2.45) is 0 Å². The molecule has 3 rings (SSSR count). The summed E-state index contributed by atoms with van der Waals surface area (Å²) in [6, 6.07) is 12.7. The predicted octanol–water partition coefficient (Wildman–Crippen LogP) is 6.03. The fraction of sp³-hybridized carbons (Fsp3) is 0.296. The van der Waals surface area contributed by atoms with Gasteiger partial charge in [0, 0.05) is 5.56 Å². The Labute approximate surface area is 212 Å². The number of carboxylic acids is 1. The fourth-order valence-corrected chi connectivity index (χ4v) is 3.30. The zero-order chi connectivity index (χ0) is 27.5. The van der Waals surface area contributed by atoms with Gasteiger partial charge >= 0.3 is 12.1 Å². The lowest BCUT2D eigenvalue weighted by Crippen LogP contribution is -2.38. The van der Waals surface area contributed by atoms with Crippen LogP contribution in [-0.4, -0.2) is 33.7 Å². The third-order valence-corrected chi connectivity index (χ3v) is 5.56. The highest BCUT2D eigenvalue weighted by atomic mass is 19.4. The molecule has 1 amide bonds. The molecule has 0 bridgehead atoms. The van der Waals surface area contributed by atoms with Gasteiger partial charge in [0.05, 0.1) is 22.6 Å². The second kappa shape index (κ2) is 10.5. The number of carboxylic acid groups (broad SMARTS) is 1. The SMILES string of the molecule is Cc1cc(OC(C)C(=O)Nc2ccc(-c3ccc(C(F)(F)F)cc3)nc2C)ccc1OC(C)(C)C(=O)O. The first-order valence-electron chi connectivity index (χ1n) is 11.3. The number of aliphatic carboxylic acids is 1. The maximum Gasteiger partial charge on any atom is 0.416 e. The van der Waals surface area contributed by atoms with Crippen LogP contribution in [0.15, 0.2) is 54.6 Å². The summed E-state index contributed by atoms with van der Waals surface area (Å²) in [6.45, 7) is 7.87. The number of carbonyl (C=O) groups excluding carboxylic acids is 1. The molecule has 0 aliphatic rings. The number of rotatable bonds is 8. The number of anilines is 1. The number of pyridine rings is 1. The Balaban J connectivity index is 1.65. The van der Waals surface area contributed by atoms with Crippen LogP contribution in [0.3, 0.4) is 0 Å². The Kier molecular flexibility index (Phi) is 7.80. The minimum absolute atomic E-state index is 0.381. The van der Waals surface area contributed by atoms with E-state index in [1.165, 1.54) is 26.0 Å². The Morgan fingerprint density at radius 2 is 1.65 bits per heavy atom. The predicted molar refractivity (Wildman–Crippen MR) is 132 cm³/mol. The lowest BCUT2D eigenvalue weighted by molar-refractivity contribution is -0.152. The van der Waals surface area contributed by atoms with Gasteiger partial charge in [-0.2, -0.15) is 13.2 Å². The van der Waals surface area contributed by atoms with E-state index in [0.29, 0.717) is 39.7 Å². The summed E-state index contributed by atoms with van der Waals surface area (Å²) >= 11 is 0. The number of halogens is 3. The van der Waals surface area contributed by atoms with Crippen molar-refractivity contribution in [2.45, 2.75) is 52.5 Å². The largest absolute Gasteiger partial charge is 0.481 e. The molecule has 0 saturated heterocycles. The molecule has 10 heteroatoms. The Bertz CT molecular complexity index is 1300. The highest BCUT2D eigenvalue weighted by molar-refractivity contribution is 5.94. The molecule has 0 radical (unpaired) electrons. The van der Waals surface area contributed by atoms with Gasteiger partial charge in [-0.25, -0.2) is 4.79 Å². The van der Waals surface area contributed by atoms with Crippen molar-refractivity contribution in [3.8, 4) is 22.8 Å². The van der Waals surface area contributed by atoms with Crippen LogP contribution in [0.1, 0.15) is 37.6 Å². The number of nitrogens with one attached hydrogen (secondary N) is 1. The average molecular weight is 517 g/mol. The van der Waals surface area contributed by atoms with E-state index in [-0.39, 0.29) is 0 Å². The summed E-state index contributed by atoms with van der Waals surface area (Å²) in [5.74, 6) is -0.758. The standard InChI is InChI=1S/C27H27F3N2O5/c1-15-14-20(10-13-23(15)37-26(4,5)25(34)35)36-17(3)24(33)32-21-11-12-22(31-16(21)2)18-6-8-19(9-7-18)27(28,29)30/h6-14,17H,1-5H3,(H,32,33)(H,34,35). The number of nitrogens with zero attached hydrogens (tertiary/aromatic N) is 1. The summed E-state index contributed by atoms with van der Waals surface area (Å²) in [5, 5.41) is 12.0. The zero-order valence-corrected chi connectivity index (χ0v) is 20.9. The number of hydrogen-bond donors (Lipinski definition) is 2. The van der Waals surface area contributed by atoms with Crippen molar-refractivity contribution < 1.29 is 37.3 Å². The number of aryl methyl sites for hydroxylation is 2. The maximum absolute atomic E-state index is 12.8. The number of carbonyl (C=O) groups is 2. The number of hydrogen-bond acceptors (Lipinski definition) is 5. The normalized spacial score (nSPS) is 12.5. The second-order valence-electron chi connectivity index (χ2n) is 9.00. The quantitative estimate of drug-likeness (QED) is 0.379. The first kappa shape index (κ1) is 27.5. The van der Waals surface area contributed by atoms with Crippen LogP contribution in [0.2, 0.25) is 0 Å². The molecule has 1 unspecified atom stereocenters. The van der Waals surface area contributed by atoms with Crippen LogP contribution in [0.5, 0.6) is 11.5 Å². The monoisotopic (exact) mass is 516 g/mol. The zero-order valence-electron chi connectivity index (χ0n) is 20.9. The first-order valence-corrected chi connectivity index (χ1v) is 11.3. The molecular weight excluding hydrogens is 489 g/mol. The Hall–Kier alpha value is -4.08. The molecule has 37 heavy (non-hydrogen) atoms. The van der Waals surface area contributed by atoms with E-state index in [1.54, 1.807) is 51.1 Å². The van der Waals surface area contributed by atoms with Crippen LogP contribution in [0.25, 0.3) is 11.3 Å². The van der Waals surface area contributed by atoms with Crippen LogP contribution in [-0.2, 0) is 15.8 Å². The molecule has 0 saturated carbocycles. The van der Waals surface area contributed by atoms with Crippen LogP contribution in [0, 0.1) is 13.8 Å². The molecule has 196 valence electrons. The third-order valence-electron chi connectivity index (χ3n) is 5.56. The highest BCUT2D eigenvalue weighted by Crippen LogP contribution is 2.31. The molecule has 1 atom stereocenters. The molecule has 0 aliphatic heterocycles. The summed E-state index contributed by atoms with van der Waals surface area (Å²) in [5.41, 5.74) is 0.389. The Morgan fingerprint density at radius 3 is 2.19 bits per heavy atom. The molecule has 1 heterocycles. The summed E-state index contributed by atoms with van der Waals surface area (Å²) in [4.78, 5) is 28.4. The van der Waals surface area contributed by atoms with Crippen molar-refractivity contribution in [1.29, 1.82) is 0 Å². The number of amides is 1. The van der Waals surface area contributed by atoms with Gasteiger partial charge in [0.1, 0.15) is 11.5 Å². The van der Waals surface area contributed by atoms with Gasteiger partial charge < -0.3 is 19.9 Å². The fourth-order valence-electron chi connectivity index (χ4n) is 3.30. The van der Waals surface area contributed by atoms with Gasteiger partial charge in [0.25, 0.3) is 5.91 Å². The molecule has 0 spiro atoms. The van der Waals surface area contributed by atoms with Crippen molar-refractivity contribution in [3.05, 3.63) is 71.4 Å². The number of ether oxygens (including phenoxy) is 2. The van der Waals surface area contributed by atoms with E-state index in [2.05, 4.69) is 10.3 Å². The van der Waals surface area contributed by atoms with Gasteiger partial charge in [0.15, 0.2) is 11.7 Å². The highest BCUT2D eigenvalue weighted by Gasteiger charge is 2.31. The minimum atomic E-state index is -4.42. The van der Waals surface area contributed by atoms with Crippen LogP contribution in [0.4, 0.5) is 18.9 Å². The van der Waals surface area contributed by atoms with Crippen molar-refractivity contribution >= 4 is 17.6 Å². The lowest BCUT2D eigenvalue weighted by atomic mass is 10.1. The number of aromatic nitrogens is 1. The first-order chi connectivity index (χ1) is 17.2. The maximum atomic E-state index is 12.8. The van der Waals surface area contributed by atoms with E-state index in [9.17, 15) is 27.9 Å². The third kappa shape index (κ3) is 6.78. The van der Waals surface area contributed by atoms with Crippen LogP contribution < -0.4 is 14.8 Å². The molecular formula is C27H27F3N2O5. The molecule has 0 fully saturated rings.